The SMILES string of the molecule is CCCCN(CCCC)CC1(N)CC1. The Morgan fingerprint density at radius 2 is 1.57 bits per heavy atom. The zero-order valence-electron chi connectivity index (χ0n) is 9.89. The standard InChI is InChI=1S/C12H26N2/c1-3-5-9-14(10-6-4-2)11-12(13)7-8-12/h3-11,13H2,1-2H3. The predicted octanol–water partition coefficient (Wildman–Crippen LogP) is 2.38. The van der Waals surface area contributed by atoms with Crippen molar-refractivity contribution < 1.29 is 0 Å². The molecule has 0 spiro atoms. The van der Waals surface area contributed by atoms with Crippen LogP contribution in [0.15, 0.2) is 0 Å². The third-order valence-electron chi connectivity index (χ3n) is 3.09. The van der Waals surface area contributed by atoms with E-state index in [9.17, 15) is 0 Å². The van der Waals surface area contributed by atoms with E-state index in [2.05, 4.69) is 18.7 Å². The molecule has 0 aliphatic heterocycles. The number of nitrogens with two attached hydrogens (primary N) is 1. The monoisotopic (exact) mass is 198 g/mol. The molecule has 84 valence electrons. The fourth-order valence-electron chi connectivity index (χ4n) is 1.80. The van der Waals surface area contributed by atoms with Crippen molar-refractivity contribution in [1.29, 1.82) is 0 Å². The first-order chi connectivity index (χ1) is 6.70. The summed E-state index contributed by atoms with van der Waals surface area (Å²) in [4.78, 5) is 2.57. The van der Waals surface area contributed by atoms with E-state index in [0.717, 1.165) is 6.54 Å². The van der Waals surface area contributed by atoms with Crippen molar-refractivity contribution in [3.63, 3.8) is 0 Å². The minimum absolute atomic E-state index is 0.196. The van der Waals surface area contributed by atoms with Gasteiger partial charge in [0.2, 0.25) is 0 Å². The van der Waals surface area contributed by atoms with Gasteiger partial charge in [0, 0.05) is 12.1 Å². The molecule has 0 amide bonds. The van der Waals surface area contributed by atoms with E-state index in [0.29, 0.717) is 0 Å². The molecule has 0 atom stereocenters. The molecule has 0 aromatic carbocycles. The van der Waals surface area contributed by atoms with Crippen LogP contribution in [0.1, 0.15) is 52.4 Å². The number of hydrogen-bond donors (Lipinski definition) is 1. The third kappa shape index (κ3) is 4.43. The molecule has 0 aromatic rings. The average Bonchev–Trinajstić information content (AvgIpc) is 2.89. The van der Waals surface area contributed by atoms with Gasteiger partial charge in [-0.15, -0.1) is 0 Å². The lowest BCUT2D eigenvalue weighted by atomic mass is 10.2. The molecule has 1 saturated carbocycles. The van der Waals surface area contributed by atoms with Crippen LogP contribution in [0.2, 0.25) is 0 Å². The summed E-state index contributed by atoms with van der Waals surface area (Å²) in [6, 6.07) is 0. The summed E-state index contributed by atoms with van der Waals surface area (Å²) in [5, 5.41) is 0. The zero-order chi connectivity index (χ0) is 10.4. The van der Waals surface area contributed by atoms with E-state index in [1.807, 2.05) is 0 Å². The molecular formula is C12H26N2. The largest absolute Gasteiger partial charge is 0.324 e. The van der Waals surface area contributed by atoms with Crippen molar-refractivity contribution in [2.45, 2.75) is 57.9 Å². The fraction of sp³-hybridized carbons (Fsp3) is 1.00. The van der Waals surface area contributed by atoms with Crippen molar-refractivity contribution in [2.24, 2.45) is 5.73 Å². The molecule has 1 rings (SSSR count). The highest BCUT2D eigenvalue weighted by Gasteiger charge is 2.39. The lowest BCUT2D eigenvalue weighted by Gasteiger charge is -2.25. The maximum absolute atomic E-state index is 6.15. The molecule has 0 saturated heterocycles. The van der Waals surface area contributed by atoms with Gasteiger partial charge in [-0.3, -0.25) is 0 Å². The summed E-state index contributed by atoms with van der Waals surface area (Å²) in [6.45, 7) is 8.14. The molecule has 0 aromatic heterocycles. The van der Waals surface area contributed by atoms with Crippen molar-refractivity contribution in [3.8, 4) is 0 Å². The Labute approximate surface area is 88.8 Å². The molecule has 1 aliphatic carbocycles. The second-order valence-electron chi connectivity index (χ2n) is 4.85. The van der Waals surface area contributed by atoms with Gasteiger partial charge in [-0.25, -0.2) is 0 Å². The lowest BCUT2D eigenvalue weighted by Crippen LogP contribution is -2.40. The molecule has 2 heteroatoms. The molecule has 1 fully saturated rings. The molecule has 14 heavy (non-hydrogen) atoms. The van der Waals surface area contributed by atoms with Crippen LogP contribution in [0.4, 0.5) is 0 Å². The van der Waals surface area contributed by atoms with Crippen LogP contribution in [0.5, 0.6) is 0 Å². The molecule has 0 radical (unpaired) electrons. The van der Waals surface area contributed by atoms with Crippen LogP contribution in [0.3, 0.4) is 0 Å². The minimum Gasteiger partial charge on any atom is -0.324 e. The summed E-state index contributed by atoms with van der Waals surface area (Å²) >= 11 is 0. The van der Waals surface area contributed by atoms with Crippen LogP contribution >= 0.6 is 0 Å². The highest BCUT2D eigenvalue weighted by atomic mass is 15.2. The van der Waals surface area contributed by atoms with Gasteiger partial charge in [0.05, 0.1) is 0 Å². The average molecular weight is 198 g/mol. The van der Waals surface area contributed by atoms with E-state index in [4.69, 9.17) is 5.73 Å². The molecule has 0 unspecified atom stereocenters. The van der Waals surface area contributed by atoms with E-state index >= 15 is 0 Å². The Bertz CT molecular complexity index is 144. The first kappa shape index (κ1) is 12.0. The summed E-state index contributed by atoms with van der Waals surface area (Å²) in [5.74, 6) is 0. The number of nitrogens with zero attached hydrogens (tertiary/aromatic N) is 1. The van der Waals surface area contributed by atoms with E-state index in [-0.39, 0.29) is 5.54 Å². The number of rotatable bonds is 8. The Morgan fingerprint density at radius 1 is 1.07 bits per heavy atom. The van der Waals surface area contributed by atoms with Gasteiger partial charge in [-0.1, -0.05) is 26.7 Å². The Morgan fingerprint density at radius 3 is 1.93 bits per heavy atom. The van der Waals surface area contributed by atoms with Crippen molar-refractivity contribution >= 4 is 0 Å². The summed E-state index contributed by atoms with van der Waals surface area (Å²) in [6.07, 6.45) is 7.70. The molecule has 0 bridgehead atoms. The van der Waals surface area contributed by atoms with Gasteiger partial charge in [-0.2, -0.15) is 0 Å². The highest BCUT2D eigenvalue weighted by Crippen LogP contribution is 2.33. The van der Waals surface area contributed by atoms with Crippen LogP contribution in [-0.4, -0.2) is 30.1 Å². The van der Waals surface area contributed by atoms with Gasteiger partial charge in [-0.05, 0) is 38.8 Å². The fourth-order valence-corrected chi connectivity index (χ4v) is 1.80. The first-order valence-corrected chi connectivity index (χ1v) is 6.21. The molecule has 1 aliphatic rings. The second-order valence-corrected chi connectivity index (χ2v) is 4.85. The van der Waals surface area contributed by atoms with E-state index in [1.54, 1.807) is 0 Å². The van der Waals surface area contributed by atoms with Gasteiger partial charge in [0.25, 0.3) is 0 Å². The van der Waals surface area contributed by atoms with Crippen molar-refractivity contribution in [1.82, 2.24) is 4.90 Å². The smallest absolute Gasteiger partial charge is 0.0284 e. The molecule has 2 N–H and O–H groups in total. The maximum Gasteiger partial charge on any atom is 0.0284 e. The summed E-state index contributed by atoms with van der Waals surface area (Å²) < 4.78 is 0. The molecule has 2 nitrogen and oxygen atoms in total. The van der Waals surface area contributed by atoms with Crippen molar-refractivity contribution in [3.05, 3.63) is 0 Å². The first-order valence-electron chi connectivity index (χ1n) is 6.21. The van der Waals surface area contributed by atoms with Gasteiger partial charge >= 0.3 is 0 Å². The van der Waals surface area contributed by atoms with Crippen LogP contribution < -0.4 is 5.73 Å². The van der Waals surface area contributed by atoms with Gasteiger partial charge in [0.15, 0.2) is 0 Å². The molecular weight excluding hydrogens is 172 g/mol. The molecule has 0 heterocycles. The van der Waals surface area contributed by atoms with Gasteiger partial charge < -0.3 is 10.6 Å². The topological polar surface area (TPSA) is 29.3 Å². The Kier molecular flexibility index (Phi) is 4.90. The number of hydrogen-bond acceptors (Lipinski definition) is 2. The zero-order valence-corrected chi connectivity index (χ0v) is 9.89. The van der Waals surface area contributed by atoms with Crippen LogP contribution in [-0.2, 0) is 0 Å². The number of unbranched alkanes of at least 4 members (excludes halogenated alkanes) is 2. The summed E-state index contributed by atoms with van der Waals surface area (Å²) in [5.41, 5.74) is 6.35. The third-order valence-corrected chi connectivity index (χ3v) is 3.09. The minimum atomic E-state index is 0.196. The Balaban J connectivity index is 2.20. The predicted molar refractivity (Wildman–Crippen MR) is 62.4 cm³/mol. The van der Waals surface area contributed by atoms with Crippen LogP contribution in [0.25, 0.3) is 0 Å². The summed E-state index contributed by atoms with van der Waals surface area (Å²) in [7, 11) is 0. The van der Waals surface area contributed by atoms with E-state index in [1.165, 1.54) is 51.6 Å². The normalized spacial score (nSPS) is 18.9. The van der Waals surface area contributed by atoms with Crippen LogP contribution in [0, 0.1) is 0 Å². The lowest BCUT2D eigenvalue weighted by molar-refractivity contribution is 0.243. The van der Waals surface area contributed by atoms with Crippen molar-refractivity contribution in [2.75, 3.05) is 19.6 Å². The van der Waals surface area contributed by atoms with Gasteiger partial charge in [0.1, 0.15) is 0 Å². The second kappa shape index (κ2) is 5.72. The van der Waals surface area contributed by atoms with E-state index < -0.39 is 0 Å². The quantitative estimate of drug-likeness (QED) is 0.649. The highest BCUT2D eigenvalue weighted by molar-refractivity contribution is 5.00. The maximum atomic E-state index is 6.15. The Hall–Kier alpha value is -0.0800.